The van der Waals surface area contributed by atoms with Gasteiger partial charge in [0.1, 0.15) is 0 Å². The molecule has 1 rings (SSSR count). The van der Waals surface area contributed by atoms with Crippen molar-refractivity contribution in [2.75, 3.05) is 0 Å². The molecule has 14 heavy (non-hydrogen) atoms. The lowest BCUT2D eigenvalue weighted by Gasteiger charge is -2.41. The molecule has 0 bridgehead atoms. The predicted octanol–water partition coefficient (Wildman–Crippen LogP) is 3.31. The van der Waals surface area contributed by atoms with E-state index >= 15 is 0 Å². The number of hydrogen-bond acceptors (Lipinski definition) is 1. The molecule has 1 heteroatoms. The van der Waals surface area contributed by atoms with Crippen LogP contribution in [-0.4, -0.2) is 11.2 Å². The van der Waals surface area contributed by atoms with E-state index in [2.05, 4.69) is 33.4 Å². The Hall–Kier alpha value is -0.560. The van der Waals surface area contributed by atoms with Gasteiger partial charge in [-0.05, 0) is 32.1 Å². The second-order valence-corrected chi connectivity index (χ2v) is 4.85. The molecule has 0 heterocycles. The second kappa shape index (κ2) is 4.31. The lowest BCUT2D eigenvalue weighted by Crippen LogP contribution is -2.39. The Morgan fingerprint density at radius 2 is 2.43 bits per heavy atom. The number of allylic oxidation sites excluding steroid dienone is 2. The predicted molar refractivity (Wildman–Crippen MR) is 61.1 cm³/mol. The zero-order valence-corrected chi connectivity index (χ0v) is 9.59. The lowest BCUT2D eigenvalue weighted by molar-refractivity contribution is 0.00314. The van der Waals surface area contributed by atoms with Gasteiger partial charge in [-0.25, -0.2) is 0 Å². The molecule has 0 fully saturated rings. The molecule has 0 aromatic heterocycles. The highest BCUT2D eigenvalue weighted by Gasteiger charge is 2.38. The SMILES string of the molecule is C=CC[C@@H](O)[C@]1(C)CCC(C)=C[C@@H]1C. The van der Waals surface area contributed by atoms with Crippen molar-refractivity contribution in [3.05, 3.63) is 24.3 Å². The maximum Gasteiger partial charge on any atom is 0.0633 e. The van der Waals surface area contributed by atoms with E-state index < -0.39 is 0 Å². The Bertz CT molecular complexity index is 242. The molecule has 0 radical (unpaired) electrons. The fraction of sp³-hybridized carbons (Fsp3) is 0.692. The average molecular weight is 194 g/mol. The van der Waals surface area contributed by atoms with Crippen LogP contribution in [0, 0.1) is 11.3 Å². The third kappa shape index (κ3) is 2.09. The molecule has 0 aromatic rings. The van der Waals surface area contributed by atoms with Crippen molar-refractivity contribution >= 4 is 0 Å². The van der Waals surface area contributed by atoms with Crippen molar-refractivity contribution in [1.29, 1.82) is 0 Å². The molecule has 0 spiro atoms. The van der Waals surface area contributed by atoms with E-state index in [-0.39, 0.29) is 11.5 Å². The Morgan fingerprint density at radius 3 is 2.93 bits per heavy atom. The van der Waals surface area contributed by atoms with Gasteiger partial charge in [0.2, 0.25) is 0 Å². The summed E-state index contributed by atoms with van der Waals surface area (Å²) in [6.45, 7) is 10.3. The molecule has 0 saturated heterocycles. The zero-order chi connectivity index (χ0) is 10.8. The van der Waals surface area contributed by atoms with Gasteiger partial charge >= 0.3 is 0 Å². The Balaban J connectivity index is 2.79. The van der Waals surface area contributed by atoms with Gasteiger partial charge in [0.05, 0.1) is 6.10 Å². The summed E-state index contributed by atoms with van der Waals surface area (Å²) < 4.78 is 0. The van der Waals surface area contributed by atoms with E-state index in [1.54, 1.807) is 0 Å². The van der Waals surface area contributed by atoms with Crippen LogP contribution in [0.15, 0.2) is 24.3 Å². The van der Waals surface area contributed by atoms with E-state index in [0.717, 1.165) is 12.8 Å². The van der Waals surface area contributed by atoms with Gasteiger partial charge in [-0.3, -0.25) is 0 Å². The van der Waals surface area contributed by atoms with Crippen LogP contribution in [0.1, 0.15) is 40.0 Å². The van der Waals surface area contributed by atoms with Crippen molar-refractivity contribution in [2.24, 2.45) is 11.3 Å². The second-order valence-electron chi connectivity index (χ2n) is 4.85. The smallest absolute Gasteiger partial charge is 0.0633 e. The first-order valence-electron chi connectivity index (χ1n) is 5.47. The topological polar surface area (TPSA) is 20.2 Å². The fourth-order valence-corrected chi connectivity index (χ4v) is 2.29. The van der Waals surface area contributed by atoms with E-state index in [1.807, 2.05) is 6.08 Å². The third-order valence-corrected chi connectivity index (χ3v) is 3.78. The van der Waals surface area contributed by atoms with E-state index in [4.69, 9.17) is 0 Å². The van der Waals surface area contributed by atoms with Crippen molar-refractivity contribution in [3.8, 4) is 0 Å². The highest BCUT2D eigenvalue weighted by Crippen LogP contribution is 2.43. The standard InChI is InChI=1S/C13H22O/c1-5-6-12(14)13(4)8-7-10(2)9-11(13)3/h5,9,11-12,14H,1,6-8H2,2-4H3/t11-,12+,13+/m0/s1. The van der Waals surface area contributed by atoms with Gasteiger partial charge in [0.15, 0.2) is 0 Å². The maximum atomic E-state index is 10.1. The minimum atomic E-state index is -0.251. The number of rotatable bonds is 3. The molecule has 1 nitrogen and oxygen atoms in total. The largest absolute Gasteiger partial charge is 0.392 e. The van der Waals surface area contributed by atoms with Crippen LogP contribution < -0.4 is 0 Å². The molecule has 80 valence electrons. The Morgan fingerprint density at radius 1 is 1.79 bits per heavy atom. The van der Waals surface area contributed by atoms with Gasteiger partial charge < -0.3 is 5.11 Å². The number of hydrogen-bond donors (Lipinski definition) is 1. The normalized spacial score (nSPS) is 34.9. The molecule has 0 amide bonds. The summed E-state index contributed by atoms with van der Waals surface area (Å²) >= 11 is 0. The molecule has 0 unspecified atom stereocenters. The lowest BCUT2D eigenvalue weighted by atomic mass is 9.66. The van der Waals surface area contributed by atoms with Crippen molar-refractivity contribution < 1.29 is 5.11 Å². The van der Waals surface area contributed by atoms with Gasteiger partial charge in [-0.2, -0.15) is 0 Å². The van der Waals surface area contributed by atoms with Crippen LogP contribution >= 0.6 is 0 Å². The van der Waals surface area contributed by atoms with Crippen LogP contribution in [0.3, 0.4) is 0 Å². The monoisotopic (exact) mass is 194 g/mol. The molecular formula is C13H22O. The highest BCUT2D eigenvalue weighted by molar-refractivity contribution is 5.11. The molecule has 0 saturated carbocycles. The summed E-state index contributed by atoms with van der Waals surface area (Å²) in [6.07, 6.45) is 6.78. The van der Waals surface area contributed by atoms with Crippen LogP contribution in [0.2, 0.25) is 0 Å². The summed E-state index contributed by atoms with van der Waals surface area (Å²) in [7, 11) is 0. The van der Waals surface area contributed by atoms with E-state index in [9.17, 15) is 5.11 Å². The zero-order valence-electron chi connectivity index (χ0n) is 9.59. The molecule has 0 aromatic carbocycles. The Kier molecular flexibility index (Phi) is 3.54. The summed E-state index contributed by atoms with van der Waals surface area (Å²) in [4.78, 5) is 0. The molecule has 0 aliphatic heterocycles. The molecule has 1 aliphatic carbocycles. The first-order chi connectivity index (χ1) is 6.50. The number of aliphatic hydroxyl groups excluding tert-OH is 1. The van der Waals surface area contributed by atoms with Crippen LogP contribution in [0.25, 0.3) is 0 Å². The summed E-state index contributed by atoms with van der Waals surface area (Å²) in [5.41, 5.74) is 1.49. The molecular weight excluding hydrogens is 172 g/mol. The minimum absolute atomic E-state index is 0.0354. The third-order valence-electron chi connectivity index (χ3n) is 3.78. The van der Waals surface area contributed by atoms with Gasteiger partial charge in [-0.15, -0.1) is 6.58 Å². The van der Waals surface area contributed by atoms with Crippen molar-refractivity contribution in [3.63, 3.8) is 0 Å². The summed E-state index contributed by atoms with van der Waals surface area (Å²) in [5.74, 6) is 0.464. The van der Waals surface area contributed by atoms with Crippen LogP contribution in [0.5, 0.6) is 0 Å². The van der Waals surface area contributed by atoms with Gasteiger partial charge in [0.25, 0.3) is 0 Å². The van der Waals surface area contributed by atoms with Crippen molar-refractivity contribution in [2.45, 2.75) is 46.1 Å². The summed E-state index contributed by atoms with van der Waals surface area (Å²) in [5, 5.41) is 10.1. The average Bonchev–Trinajstić information content (AvgIpc) is 2.12. The fourth-order valence-electron chi connectivity index (χ4n) is 2.29. The summed E-state index contributed by atoms with van der Waals surface area (Å²) in [6, 6.07) is 0. The highest BCUT2D eigenvalue weighted by atomic mass is 16.3. The van der Waals surface area contributed by atoms with Crippen LogP contribution in [0.4, 0.5) is 0 Å². The molecule has 3 atom stereocenters. The maximum absolute atomic E-state index is 10.1. The van der Waals surface area contributed by atoms with Crippen LogP contribution in [-0.2, 0) is 0 Å². The molecule has 1 N–H and O–H groups in total. The van der Waals surface area contributed by atoms with Crippen molar-refractivity contribution in [1.82, 2.24) is 0 Å². The van der Waals surface area contributed by atoms with Gasteiger partial charge in [-0.1, -0.05) is 31.6 Å². The quantitative estimate of drug-likeness (QED) is 0.683. The van der Waals surface area contributed by atoms with E-state index in [1.165, 1.54) is 5.57 Å². The number of aliphatic hydroxyl groups is 1. The molecule has 1 aliphatic rings. The van der Waals surface area contributed by atoms with Gasteiger partial charge in [0, 0.05) is 5.41 Å². The first kappa shape index (κ1) is 11.5. The van der Waals surface area contributed by atoms with E-state index in [0.29, 0.717) is 12.3 Å². The first-order valence-corrected chi connectivity index (χ1v) is 5.47. The Labute approximate surface area is 87.5 Å². The minimum Gasteiger partial charge on any atom is -0.392 e.